The van der Waals surface area contributed by atoms with Gasteiger partial charge in [-0.1, -0.05) is 83.1 Å². The molecule has 0 amide bonds. The highest BCUT2D eigenvalue weighted by Crippen LogP contribution is 2.32. The topological polar surface area (TPSA) is 189 Å². The molecule has 4 saturated heterocycles. The van der Waals surface area contributed by atoms with Crippen molar-refractivity contribution in [3.8, 4) is 11.5 Å². The Labute approximate surface area is 456 Å². The van der Waals surface area contributed by atoms with Gasteiger partial charge in [-0.05, 0) is 168 Å². The minimum atomic E-state index is -0.248. The quantitative estimate of drug-likeness (QED) is 0.0173. The van der Waals surface area contributed by atoms with E-state index in [-0.39, 0.29) is 44.1 Å². The van der Waals surface area contributed by atoms with Crippen LogP contribution in [0.25, 0.3) is 0 Å². The number of phenolic OH excluding ortho intramolecular Hbond substituents is 2. The van der Waals surface area contributed by atoms with E-state index in [1.807, 2.05) is 19.1 Å². The lowest BCUT2D eigenvalue weighted by Crippen LogP contribution is -2.46. The fraction of sp³-hybridized carbons (Fsp3) is 0.426. The van der Waals surface area contributed by atoms with E-state index in [4.69, 9.17) is 28.8 Å². The SMILES string of the molecule is CCSC(N)=NC(=S)Nc1ccc(N2CCC(N3CCCCC3)CC2)cc1.Nc1nc(Nc2ccc(N3CCC(N4CCCCC4)CC3)cc2)sc1C(=O)c1cccc(O)c1.O=C(CBr)c1cccc(O)c1.P. The third-order valence-electron chi connectivity index (χ3n) is 13.5. The highest BCUT2D eigenvalue weighted by Gasteiger charge is 2.27. The minimum Gasteiger partial charge on any atom is -0.508 e. The van der Waals surface area contributed by atoms with Crippen LogP contribution in [0.5, 0.6) is 11.5 Å². The first-order valence-corrected chi connectivity index (χ1v) is 28.5. The molecule has 0 spiro atoms. The Balaban J connectivity index is 0.000000199. The Kier molecular flexibility index (Phi) is 23.1. The van der Waals surface area contributed by atoms with Crippen molar-refractivity contribution < 1.29 is 19.8 Å². The number of thiocarbonyl (C=S) groups is 1. The number of hydrogen-bond acceptors (Lipinski definition) is 14. The van der Waals surface area contributed by atoms with Crippen LogP contribution in [-0.4, -0.2) is 122 Å². The fourth-order valence-electron chi connectivity index (χ4n) is 9.69. The first-order valence-electron chi connectivity index (χ1n) is 25.2. The number of benzene rings is 4. The van der Waals surface area contributed by atoms with Gasteiger partial charge in [0.2, 0.25) is 5.78 Å². The second-order valence-electron chi connectivity index (χ2n) is 18.4. The lowest BCUT2D eigenvalue weighted by atomic mass is 9.99. The van der Waals surface area contributed by atoms with E-state index in [1.54, 1.807) is 24.3 Å². The van der Waals surface area contributed by atoms with Crippen molar-refractivity contribution in [1.29, 1.82) is 0 Å². The van der Waals surface area contributed by atoms with Crippen molar-refractivity contribution >= 4 is 117 Å². The summed E-state index contributed by atoms with van der Waals surface area (Å²) in [5.74, 6) is 0.971. The van der Waals surface area contributed by atoms with Crippen LogP contribution in [0.3, 0.4) is 0 Å². The number of nitrogens with one attached hydrogen (secondary N) is 2. The van der Waals surface area contributed by atoms with Gasteiger partial charge in [0.25, 0.3) is 0 Å². The molecule has 0 bridgehead atoms. The number of aliphatic imine (C=N–C) groups is 1. The average molecular weight is 1130 g/mol. The van der Waals surface area contributed by atoms with Crippen molar-refractivity contribution in [3.05, 3.63) is 113 Å². The molecule has 5 aromatic rings. The third kappa shape index (κ3) is 17.4. The molecule has 19 heteroatoms. The molecule has 1 unspecified atom stereocenters. The normalized spacial score (nSPS) is 17.0. The number of aromatic hydroxyl groups is 2. The highest BCUT2D eigenvalue weighted by molar-refractivity contribution is 9.09. The number of alkyl halides is 1. The molecule has 4 aromatic carbocycles. The van der Waals surface area contributed by atoms with E-state index in [1.165, 1.54) is 149 Å². The number of phenols is 2. The largest absolute Gasteiger partial charge is 0.508 e. The highest BCUT2D eigenvalue weighted by atomic mass is 79.9. The number of hydrogen-bond donors (Lipinski definition) is 6. The number of carbonyl (C=O) groups is 2. The Morgan fingerprint density at radius 1 is 0.740 bits per heavy atom. The molecule has 4 fully saturated rings. The lowest BCUT2D eigenvalue weighted by Gasteiger charge is -2.41. The number of aromatic nitrogens is 1. The van der Waals surface area contributed by atoms with Crippen LogP contribution in [0.4, 0.5) is 33.7 Å². The summed E-state index contributed by atoms with van der Waals surface area (Å²) >= 11 is 11.0. The number of nitrogens with two attached hydrogens (primary N) is 2. The van der Waals surface area contributed by atoms with Crippen LogP contribution < -0.4 is 31.9 Å². The number of nitrogens with zero attached hydrogens (tertiary/aromatic N) is 6. The summed E-state index contributed by atoms with van der Waals surface area (Å²) in [6.45, 7) is 11.7. The maximum atomic E-state index is 12.8. The van der Waals surface area contributed by atoms with Gasteiger partial charge in [0, 0.05) is 72.1 Å². The van der Waals surface area contributed by atoms with Gasteiger partial charge in [-0.25, -0.2) is 4.98 Å². The maximum Gasteiger partial charge on any atom is 0.206 e. The van der Waals surface area contributed by atoms with Crippen molar-refractivity contribution in [2.45, 2.75) is 83.2 Å². The molecule has 8 N–H and O–H groups in total. The van der Waals surface area contributed by atoms with Gasteiger partial charge in [0.1, 0.15) is 22.2 Å². The second-order valence-corrected chi connectivity index (χ2v) is 21.6. The molecule has 4 aliphatic rings. The Hall–Kier alpha value is -4.81. The number of likely N-dealkylation sites (tertiary alicyclic amines) is 2. The summed E-state index contributed by atoms with van der Waals surface area (Å²) in [6, 6.07) is 30.9. The number of anilines is 6. The van der Waals surface area contributed by atoms with E-state index in [0.29, 0.717) is 31.4 Å². The van der Waals surface area contributed by atoms with Crippen LogP contribution in [0.2, 0.25) is 0 Å². The van der Waals surface area contributed by atoms with Crippen LogP contribution in [0.1, 0.15) is 96.7 Å². The van der Waals surface area contributed by atoms with Gasteiger partial charge >= 0.3 is 0 Å². The number of ketones is 2. The molecular formula is C54H72BrN10O4PS3. The summed E-state index contributed by atoms with van der Waals surface area (Å²) < 4.78 is 0. The van der Waals surface area contributed by atoms with Crippen LogP contribution in [-0.2, 0) is 0 Å². The number of thiazole rings is 1. The summed E-state index contributed by atoms with van der Waals surface area (Å²) in [7, 11) is 0. The second kappa shape index (κ2) is 29.3. The molecule has 9 rings (SSSR count). The first kappa shape index (κ1) is 57.5. The Morgan fingerprint density at radius 2 is 1.22 bits per heavy atom. The van der Waals surface area contributed by atoms with Gasteiger partial charge in [-0.15, -0.1) is 0 Å². The lowest BCUT2D eigenvalue weighted by molar-refractivity contribution is 0.102. The number of piperidine rings is 4. The predicted octanol–water partition coefficient (Wildman–Crippen LogP) is 10.8. The molecule has 73 heavy (non-hydrogen) atoms. The number of nitrogen functional groups attached to an aromatic ring is 1. The molecule has 0 radical (unpaired) electrons. The van der Waals surface area contributed by atoms with Gasteiger partial charge in [0.15, 0.2) is 21.2 Å². The zero-order valence-electron chi connectivity index (χ0n) is 41.9. The fourth-order valence-corrected chi connectivity index (χ4v) is 11.6. The Bertz CT molecular complexity index is 2560. The van der Waals surface area contributed by atoms with E-state index < -0.39 is 0 Å². The smallest absolute Gasteiger partial charge is 0.206 e. The van der Waals surface area contributed by atoms with Crippen LogP contribution in [0.15, 0.2) is 102 Å². The summed E-state index contributed by atoms with van der Waals surface area (Å²) in [5, 5.41) is 26.8. The molecule has 392 valence electrons. The number of rotatable bonds is 12. The van der Waals surface area contributed by atoms with Crippen molar-refractivity contribution in [3.63, 3.8) is 0 Å². The van der Waals surface area contributed by atoms with Crippen molar-refractivity contribution in [2.75, 3.05) is 89.6 Å². The van der Waals surface area contributed by atoms with Crippen molar-refractivity contribution in [2.24, 2.45) is 10.7 Å². The van der Waals surface area contributed by atoms with Crippen LogP contribution in [0, 0.1) is 0 Å². The average Bonchev–Trinajstić information content (AvgIpc) is 3.78. The minimum absolute atomic E-state index is 0. The van der Waals surface area contributed by atoms with Gasteiger partial charge < -0.3 is 51.9 Å². The molecule has 4 aliphatic heterocycles. The van der Waals surface area contributed by atoms with Crippen molar-refractivity contribution in [1.82, 2.24) is 14.8 Å². The molecule has 0 saturated carbocycles. The third-order valence-corrected chi connectivity index (χ3v) is 15.8. The first-order chi connectivity index (χ1) is 35.0. The van der Waals surface area contributed by atoms with E-state index >= 15 is 0 Å². The monoisotopic (exact) mass is 1130 g/mol. The summed E-state index contributed by atoms with van der Waals surface area (Å²) in [4.78, 5) is 43.0. The summed E-state index contributed by atoms with van der Waals surface area (Å²) in [5.41, 5.74) is 17.1. The van der Waals surface area contributed by atoms with E-state index in [0.717, 1.165) is 55.4 Å². The standard InChI is InChI=1S/C26H31N5O2S.C20H31N5S2.C8H7BrO2.H3P/c27-25-24(23(33)18-5-4-6-22(32)17-18)34-26(29-25)28-19-7-9-20(10-8-19)31-15-11-21(12-16-31)30-13-2-1-3-14-30;1-2-27-19(21)23-20(26)22-16-6-8-17(9-7-16)25-14-10-18(11-15-25)24-12-4-3-5-13-24;9-5-8(11)6-2-1-3-7(10)4-6;/h4-10,17,21,32H,1-3,11-16,27H2,(H,28,29);6-9,18H,2-5,10-15H2,1H3,(H3,21,22,23,26);1-4,10H,5H2;1H3. The number of Topliss-reactive ketones (excluding diaryl/α,β-unsaturated/α-hetero) is 1. The van der Waals surface area contributed by atoms with Crippen LogP contribution >= 0.6 is 61.1 Å². The number of carbonyl (C=O) groups excluding carboxylic acids is 2. The molecule has 1 atom stereocenters. The predicted molar refractivity (Wildman–Crippen MR) is 319 cm³/mol. The van der Waals surface area contributed by atoms with Gasteiger partial charge in [-0.2, -0.15) is 14.9 Å². The Morgan fingerprint density at radius 3 is 1.70 bits per heavy atom. The number of amidine groups is 1. The molecule has 5 heterocycles. The maximum absolute atomic E-state index is 12.8. The molecule has 0 aliphatic carbocycles. The molecular weight excluding hydrogens is 1060 g/mol. The number of thioether (sulfide) groups is 1. The van der Waals surface area contributed by atoms with Gasteiger partial charge in [0.05, 0.1) is 5.33 Å². The number of halogens is 1. The summed E-state index contributed by atoms with van der Waals surface area (Å²) in [6.07, 6.45) is 13.3. The zero-order chi connectivity index (χ0) is 50.8. The van der Waals surface area contributed by atoms with E-state index in [2.05, 4.69) is 92.5 Å². The molecule has 14 nitrogen and oxygen atoms in total. The molecule has 1 aromatic heterocycles. The van der Waals surface area contributed by atoms with E-state index in [9.17, 15) is 14.7 Å². The zero-order valence-corrected chi connectivity index (χ0v) is 47.3. The van der Waals surface area contributed by atoms with Gasteiger partial charge in [-0.3, -0.25) is 9.59 Å².